The molecular weight excluding hydrogens is 737 g/mol. The van der Waals surface area contributed by atoms with Gasteiger partial charge in [-0.05, 0) is 169 Å². The fourth-order valence-electron chi connectivity index (χ4n) is 7.24. The lowest BCUT2D eigenvalue weighted by molar-refractivity contribution is 0.127. The van der Waals surface area contributed by atoms with Crippen LogP contribution in [0, 0.1) is 6.92 Å². The highest BCUT2D eigenvalue weighted by atomic mass is 32.1. The van der Waals surface area contributed by atoms with Crippen LogP contribution < -0.4 is 0 Å². The van der Waals surface area contributed by atoms with Crippen LogP contribution in [-0.4, -0.2) is 38.6 Å². The molecule has 0 fully saturated rings. The van der Waals surface area contributed by atoms with Crippen molar-refractivity contribution in [1.29, 1.82) is 0 Å². The van der Waals surface area contributed by atoms with Crippen LogP contribution in [-0.2, 0) is 15.9 Å². The average molecular weight is 801 g/mol. The number of thiophene rings is 2. The first kappa shape index (κ1) is 44.3. The molecule has 0 saturated heterocycles. The third kappa shape index (κ3) is 11.6. The molecule has 7 aromatic rings. The normalized spacial score (nSPS) is 11.9. The van der Waals surface area contributed by atoms with Crippen LogP contribution in [0.15, 0.2) is 97.1 Å². The molecule has 2 heterocycles. The van der Waals surface area contributed by atoms with E-state index in [2.05, 4.69) is 100 Å². The van der Waals surface area contributed by atoms with Gasteiger partial charge in [0.2, 0.25) is 0 Å². The minimum atomic E-state index is 0.854. The van der Waals surface area contributed by atoms with Crippen molar-refractivity contribution in [2.24, 2.45) is 0 Å². The summed E-state index contributed by atoms with van der Waals surface area (Å²) in [6, 6.07) is 26.3. The number of fused-ring (bicyclic) bond motifs is 8. The van der Waals surface area contributed by atoms with E-state index in [1.807, 2.05) is 54.7 Å². The number of unbranched alkanes of at least 4 members (excludes halogenated alkanes) is 4. The van der Waals surface area contributed by atoms with Gasteiger partial charge in [-0.3, -0.25) is 0 Å². The Kier molecular flexibility index (Phi) is 17.8. The molecule has 5 heteroatoms. The number of aliphatic hydroxyl groups is 1. The number of rotatable bonds is 18. The summed E-state index contributed by atoms with van der Waals surface area (Å²) in [5, 5.41) is 17.7. The molecule has 1 N–H and O–H groups in total. The van der Waals surface area contributed by atoms with Gasteiger partial charge in [0.15, 0.2) is 0 Å². The first-order chi connectivity index (χ1) is 28.0. The van der Waals surface area contributed by atoms with Crippen molar-refractivity contribution < 1.29 is 14.6 Å². The zero-order chi connectivity index (χ0) is 40.6. The van der Waals surface area contributed by atoms with Gasteiger partial charge in [-0.2, -0.15) is 0 Å². The van der Waals surface area contributed by atoms with Crippen molar-refractivity contribution in [2.45, 2.75) is 98.8 Å². The number of aryl methyl sites for hydroxylation is 2. The summed E-state index contributed by atoms with van der Waals surface area (Å²) in [4.78, 5) is 0. The Morgan fingerprint density at radius 2 is 1.14 bits per heavy atom. The third-order valence-corrected chi connectivity index (χ3v) is 13.1. The van der Waals surface area contributed by atoms with E-state index < -0.39 is 0 Å². The second-order valence-electron chi connectivity index (χ2n) is 14.9. The molecule has 57 heavy (non-hydrogen) atoms. The van der Waals surface area contributed by atoms with E-state index in [1.54, 1.807) is 0 Å². The van der Waals surface area contributed by atoms with Gasteiger partial charge < -0.3 is 14.6 Å². The van der Waals surface area contributed by atoms with Crippen molar-refractivity contribution in [3.05, 3.63) is 114 Å². The van der Waals surface area contributed by atoms with Crippen LogP contribution in [0.3, 0.4) is 0 Å². The molecule has 0 aliphatic heterocycles. The number of aliphatic hydroxyl groups excluding tert-OH is 1. The maximum atomic E-state index is 7.00. The molecule has 0 radical (unpaired) electrons. The molecule has 0 unspecified atom stereocenters. The molecule has 0 aliphatic rings. The van der Waals surface area contributed by atoms with Gasteiger partial charge >= 0.3 is 0 Å². The Bertz CT molecular complexity index is 2420. The van der Waals surface area contributed by atoms with Gasteiger partial charge in [0, 0.05) is 53.7 Å². The van der Waals surface area contributed by atoms with Crippen molar-refractivity contribution in [1.82, 2.24) is 0 Å². The predicted octanol–water partition coefficient (Wildman–Crippen LogP) is 15.9. The number of hydrogen-bond acceptors (Lipinski definition) is 5. The molecule has 0 aliphatic carbocycles. The summed E-state index contributed by atoms with van der Waals surface area (Å²) in [6.45, 7) is 18.3. The second-order valence-corrected chi connectivity index (χ2v) is 17.0. The fraction of sp³-hybridized carbons (Fsp3) is 0.385. The van der Waals surface area contributed by atoms with Crippen molar-refractivity contribution in [3.63, 3.8) is 0 Å². The molecular formula is C52H64O3S2. The Hall–Kier alpha value is -3.84. The standard InChI is InChI=1S/C47H52O2S2.C4H8.CH4O/c1-5-8-18-48-20-12-10-14-33(7-3)23-36-26-40-30-44-42(28-37(40)22-32(36)4)46-47(50-44)43-29-39-25-35-17-16-34(15-11-13-21-49-19-9-6-2)24-38(35)27-41(39)31-45(43)51-46;1-3-4-2;1-2/h7,16-17,22-31H,3,5-6,8-15,18-21H2,1-2,4H3;3-4H,1-2H3;2H,1H3/b33-23+;4-3-;. The van der Waals surface area contributed by atoms with Crippen LogP contribution >= 0.6 is 22.7 Å². The molecule has 0 spiro atoms. The maximum absolute atomic E-state index is 7.00. The Morgan fingerprint density at radius 3 is 1.74 bits per heavy atom. The zero-order valence-electron chi connectivity index (χ0n) is 35.3. The van der Waals surface area contributed by atoms with Crippen LogP contribution in [0.2, 0.25) is 0 Å². The van der Waals surface area contributed by atoms with E-state index in [0.717, 1.165) is 78.5 Å². The van der Waals surface area contributed by atoms with Crippen molar-refractivity contribution in [3.8, 4) is 0 Å². The minimum absolute atomic E-state index is 0.854. The molecule has 0 atom stereocenters. The monoisotopic (exact) mass is 800 g/mol. The van der Waals surface area contributed by atoms with Gasteiger partial charge in [-0.25, -0.2) is 0 Å². The van der Waals surface area contributed by atoms with Crippen LogP contribution in [0.25, 0.3) is 68.0 Å². The maximum Gasteiger partial charge on any atom is 0.0542 e. The molecule has 3 nitrogen and oxygen atoms in total. The Morgan fingerprint density at radius 1 is 0.614 bits per heavy atom. The molecule has 7 rings (SSSR count). The predicted molar refractivity (Wildman–Crippen MR) is 257 cm³/mol. The average Bonchev–Trinajstić information content (AvgIpc) is 3.75. The van der Waals surface area contributed by atoms with Gasteiger partial charge in [-0.15, -0.1) is 22.7 Å². The first-order valence-electron chi connectivity index (χ1n) is 21.2. The number of benzene rings is 5. The molecule has 0 bridgehead atoms. The SMILES string of the molecule is C/C=C\C.C=C/C(=C\c1cc2cc3sc4c5cc6cc7ccc(CCCCOCCCC)cc7cc6cc5sc4c3cc2cc1C)CCCCOCCCC.CO. The van der Waals surface area contributed by atoms with E-state index in [0.29, 0.717) is 0 Å². The summed E-state index contributed by atoms with van der Waals surface area (Å²) in [6.07, 6.45) is 19.7. The van der Waals surface area contributed by atoms with E-state index in [-0.39, 0.29) is 0 Å². The van der Waals surface area contributed by atoms with Crippen LogP contribution in [0.5, 0.6) is 0 Å². The van der Waals surface area contributed by atoms with E-state index >= 15 is 0 Å². The lowest BCUT2D eigenvalue weighted by atomic mass is 9.97. The number of allylic oxidation sites excluding steroid dienone is 4. The van der Waals surface area contributed by atoms with E-state index in [4.69, 9.17) is 14.6 Å². The highest BCUT2D eigenvalue weighted by Crippen LogP contribution is 2.46. The van der Waals surface area contributed by atoms with Gasteiger partial charge in [0.25, 0.3) is 0 Å². The highest BCUT2D eigenvalue weighted by Gasteiger charge is 2.15. The lowest BCUT2D eigenvalue weighted by Gasteiger charge is -2.08. The molecule has 0 amide bonds. The lowest BCUT2D eigenvalue weighted by Crippen LogP contribution is -1.97. The summed E-state index contributed by atoms with van der Waals surface area (Å²) in [7, 11) is 1.00. The summed E-state index contributed by atoms with van der Waals surface area (Å²) in [5.74, 6) is 0. The summed E-state index contributed by atoms with van der Waals surface area (Å²) < 4.78 is 17.1. The first-order valence-corrected chi connectivity index (χ1v) is 22.8. The quantitative estimate of drug-likeness (QED) is 0.0407. The number of ether oxygens (including phenoxy) is 2. The largest absolute Gasteiger partial charge is 0.400 e. The zero-order valence-corrected chi connectivity index (χ0v) is 37.0. The third-order valence-electron chi connectivity index (χ3n) is 10.6. The van der Waals surface area contributed by atoms with Gasteiger partial charge in [0.05, 0.1) is 9.40 Å². The highest BCUT2D eigenvalue weighted by molar-refractivity contribution is 7.36. The minimum Gasteiger partial charge on any atom is -0.400 e. The fourth-order valence-corrected chi connectivity index (χ4v) is 9.93. The van der Waals surface area contributed by atoms with Crippen LogP contribution in [0.1, 0.15) is 102 Å². The number of hydrogen-bond donors (Lipinski definition) is 1. The van der Waals surface area contributed by atoms with Gasteiger partial charge in [0.1, 0.15) is 0 Å². The summed E-state index contributed by atoms with van der Waals surface area (Å²) >= 11 is 3.90. The molecule has 302 valence electrons. The van der Waals surface area contributed by atoms with E-state index in [9.17, 15) is 0 Å². The molecule has 5 aromatic carbocycles. The Labute approximate surface area is 349 Å². The Balaban J connectivity index is 0.000000973. The smallest absolute Gasteiger partial charge is 0.0542 e. The van der Waals surface area contributed by atoms with E-state index in [1.165, 1.54) is 103 Å². The van der Waals surface area contributed by atoms with Crippen molar-refractivity contribution in [2.75, 3.05) is 33.5 Å². The van der Waals surface area contributed by atoms with Crippen LogP contribution in [0.4, 0.5) is 0 Å². The second kappa shape index (κ2) is 22.9. The van der Waals surface area contributed by atoms with Gasteiger partial charge in [-0.1, -0.05) is 81.8 Å². The summed E-state index contributed by atoms with van der Waals surface area (Å²) in [5.41, 5.74) is 5.32. The molecule has 2 aromatic heterocycles. The van der Waals surface area contributed by atoms with Crippen molar-refractivity contribution >= 4 is 90.6 Å². The molecule has 0 saturated carbocycles. The topological polar surface area (TPSA) is 38.7 Å².